The van der Waals surface area contributed by atoms with Gasteiger partial charge < -0.3 is 5.32 Å². The van der Waals surface area contributed by atoms with Crippen LogP contribution in [0.5, 0.6) is 0 Å². The summed E-state index contributed by atoms with van der Waals surface area (Å²) in [5.74, 6) is 0.292. The molecule has 0 aliphatic heterocycles. The van der Waals surface area contributed by atoms with Gasteiger partial charge in [-0.1, -0.05) is 12.1 Å². The smallest absolute Gasteiger partial charge is 0.292 e. The van der Waals surface area contributed by atoms with Crippen LogP contribution in [0, 0.1) is 20.2 Å². The molecule has 8 nitrogen and oxygen atoms in total. The van der Waals surface area contributed by atoms with Gasteiger partial charge in [-0.25, -0.2) is 4.98 Å². The first-order valence-corrected chi connectivity index (χ1v) is 5.19. The van der Waals surface area contributed by atoms with Crippen LogP contribution in [0.25, 0.3) is 0 Å². The van der Waals surface area contributed by atoms with E-state index in [1.54, 1.807) is 12.1 Å². The molecule has 0 atom stereocenters. The van der Waals surface area contributed by atoms with Gasteiger partial charge in [-0.05, 0) is 12.1 Å². The Hall–Kier alpha value is -3.03. The van der Waals surface area contributed by atoms with Crippen LogP contribution in [0.15, 0.2) is 42.6 Å². The number of nitrogens with one attached hydrogen (secondary N) is 1. The summed E-state index contributed by atoms with van der Waals surface area (Å²) in [5.41, 5.74) is 0.0321. The molecule has 0 amide bonds. The Morgan fingerprint density at radius 2 is 1.74 bits per heavy atom. The normalized spacial score (nSPS) is 9.89. The van der Waals surface area contributed by atoms with Crippen LogP contribution in [0.2, 0.25) is 0 Å². The number of nitro groups is 2. The maximum absolute atomic E-state index is 10.8. The molecule has 1 aromatic carbocycles. The summed E-state index contributed by atoms with van der Waals surface area (Å²) in [6, 6.07) is 8.72. The van der Waals surface area contributed by atoms with Crippen LogP contribution in [-0.4, -0.2) is 14.8 Å². The highest BCUT2D eigenvalue weighted by molar-refractivity contribution is 5.67. The van der Waals surface area contributed by atoms with E-state index in [0.717, 1.165) is 6.20 Å². The van der Waals surface area contributed by atoms with E-state index in [1.165, 1.54) is 24.3 Å². The molecule has 0 radical (unpaired) electrons. The van der Waals surface area contributed by atoms with E-state index in [4.69, 9.17) is 0 Å². The maximum atomic E-state index is 10.8. The molecule has 8 heteroatoms. The molecular formula is C11H8N4O4. The lowest BCUT2D eigenvalue weighted by molar-refractivity contribution is -0.385. The summed E-state index contributed by atoms with van der Waals surface area (Å²) in [5, 5.41) is 24.0. The van der Waals surface area contributed by atoms with Crippen molar-refractivity contribution in [3.63, 3.8) is 0 Å². The SMILES string of the molecule is O=[N+]([O-])c1ccc(Nc2ccccc2[N+](=O)[O-])nc1. The highest BCUT2D eigenvalue weighted by atomic mass is 16.6. The Morgan fingerprint density at radius 1 is 1.00 bits per heavy atom. The first-order valence-electron chi connectivity index (χ1n) is 5.19. The first kappa shape index (κ1) is 12.4. The van der Waals surface area contributed by atoms with Gasteiger partial charge in [-0.3, -0.25) is 20.2 Å². The van der Waals surface area contributed by atoms with Crippen molar-refractivity contribution in [1.29, 1.82) is 0 Å². The summed E-state index contributed by atoms with van der Waals surface area (Å²) in [4.78, 5) is 24.0. The zero-order valence-corrected chi connectivity index (χ0v) is 9.52. The predicted octanol–water partition coefficient (Wildman–Crippen LogP) is 2.64. The molecule has 96 valence electrons. The average molecular weight is 260 g/mol. The number of rotatable bonds is 4. The second-order valence-corrected chi connectivity index (χ2v) is 3.56. The van der Waals surface area contributed by atoms with Crippen LogP contribution in [-0.2, 0) is 0 Å². The molecule has 19 heavy (non-hydrogen) atoms. The molecule has 0 saturated carbocycles. The molecular weight excluding hydrogens is 252 g/mol. The van der Waals surface area contributed by atoms with Gasteiger partial charge in [0.1, 0.15) is 17.7 Å². The highest BCUT2D eigenvalue weighted by Gasteiger charge is 2.13. The number of para-hydroxylation sites is 2. The Labute approximate surface area is 107 Å². The lowest BCUT2D eigenvalue weighted by Gasteiger charge is -2.05. The minimum absolute atomic E-state index is 0.0948. The molecule has 0 unspecified atom stereocenters. The van der Waals surface area contributed by atoms with E-state index in [1.807, 2.05) is 0 Å². The second kappa shape index (κ2) is 5.08. The van der Waals surface area contributed by atoms with Crippen LogP contribution in [0.1, 0.15) is 0 Å². The first-order chi connectivity index (χ1) is 9.08. The minimum atomic E-state index is -0.568. The van der Waals surface area contributed by atoms with Crippen molar-refractivity contribution in [3.05, 3.63) is 62.8 Å². The van der Waals surface area contributed by atoms with Crippen LogP contribution >= 0.6 is 0 Å². The molecule has 0 aliphatic rings. The number of nitrogens with zero attached hydrogens (tertiary/aromatic N) is 3. The standard InChI is InChI=1S/C11H8N4O4/c16-14(17)8-5-6-11(12-7-8)13-9-3-1-2-4-10(9)15(18)19/h1-7H,(H,12,13). The monoisotopic (exact) mass is 260 g/mol. The fraction of sp³-hybridized carbons (Fsp3) is 0. The second-order valence-electron chi connectivity index (χ2n) is 3.56. The third-order valence-electron chi connectivity index (χ3n) is 2.32. The molecule has 0 aliphatic carbocycles. The van der Waals surface area contributed by atoms with Crippen molar-refractivity contribution in [1.82, 2.24) is 4.98 Å². The van der Waals surface area contributed by atoms with E-state index in [2.05, 4.69) is 10.3 Å². The van der Waals surface area contributed by atoms with Gasteiger partial charge in [0.25, 0.3) is 11.4 Å². The van der Waals surface area contributed by atoms with Crippen molar-refractivity contribution < 1.29 is 9.85 Å². The fourth-order valence-electron chi connectivity index (χ4n) is 1.44. The van der Waals surface area contributed by atoms with Crippen LogP contribution in [0.3, 0.4) is 0 Å². The quantitative estimate of drug-likeness (QED) is 0.668. The van der Waals surface area contributed by atoms with E-state index in [9.17, 15) is 20.2 Å². The lowest BCUT2D eigenvalue weighted by Crippen LogP contribution is -1.98. The summed E-state index contributed by atoms with van der Waals surface area (Å²) in [7, 11) is 0. The summed E-state index contributed by atoms with van der Waals surface area (Å²) in [6.45, 7) is 0. The van der Waals surface area contributed by atoms with Crippen molar-refractivity contribution in [2.45, 2.75) is 0 Å². The molecule has 1 N–H and O–H groups in total. The fourth-order valence-corrected chi connectivity index (χ4v) is 1.44. The van der Waals surface area contributed by atoms with E-state index in [0.29, 0.717) is 5.82 Å². The Kier molecular flexibility index (Phi) is 3.33. The largest absolute Gasteiger partial charge is 0.335 e. The highest BCUT2D eigenvalue weighted by Crippen LogP contribution is 2.26. The van der Waals surface area contributed by atoms with E-state index >= 15 is 0 Å². The topological polar surface area (TPSA) is 111 Å². The van der Waals surface area contributed by atoms with E-state index < -0.39 is 9.85 Å². The summed E-state index contributed by atoms with van der Waals surface area (Å²) < 4.78 is 0. The van der Waals surface area contributed by atoms with Gasteiger partial charge in [-0.15, -0.1) is 0 Å². The van der Waals surface area contributed by atoms with Gasteiger partial charge in [0.2, 0.25) is 0 Å². The number of aromatic nitrogens is 1. The molecule has 2 aromatic rings. The van der Waals surface area contributed by atoms with Gasteiger partial charge in [0.05, 0.1) is 9.85 Å². The Bertz CT molecular complexity index is 627. The van der Waals surface area contributed by atoms with Gasteiger partial charge in [-0.2, -0.15) is 0 Å². The minimum Gasteiger partial charge on any atom is -0.335 e. The summed E-state index contributed by atoms with van der Waals surface area (Å²) >= 11 is 0. The lowest BCUT2D eigenvalue weighted by atomic mass is 10.2. The molecule has 0 fully saturated rings. The third-order valence-corrected chi connectivity index (χ3v) is 2.32. The molecule has 0 spiro atoms. The molecule has 2 rings (SSSR count). The van der Waals surface area contributed by atoms with Crippen molar-refractivity contribution in [2.75, 3.05) is 5.32 Å². The molecule has 1 aromatic heterocycles. The van der Waals surface area contributed by atoms with Crippen LogP contribution in [0.4, 0.5) is 22.9 Å². The van der Waals surface area contributed by atoms with Crippen LogP contribution < -0.4 is 5.32 Å². The number of anilines is 2. The van der Waals surface area contributed by atoms with Crippen molar-refractivity contribution in [3.8, 4) is 0 Å². The van der Waals surface area contributed by atoms with Gasteiger partial charge >= 0.3 is 0 Å². The molecule has 1 heterocycles. The Morgan fingerprint density at radius 3 is 2.32 bits per heavy atom. The molecule has 0 saturated heterocycles. The Balaban J connectivity index is 2.26. The number of hydrogen-bond donors (Lipinski definition) is 1. The summed E-state index contributed by atoms with van der Waals surface area (Å²) in [6.07, 6.45) is 1.08. The zero-order valence-electron chi connectivity index (χ0n) is 9.52. The number of nitro benzene ring substituents is 1. The van der Waals surface area contributed by atoms with E-state index in [-0.39, 0.29) is 17.1 Å². The van der Waals surface area contributed by atoms with Crippen molar-refractivity contribution in [2.24, 2.45) is 0 Å². The maximum Gasteiger partial charge on any atom is 0.292 e. The van der Waals surface area contributed by atoms with Gasteiger partial charge in [0.15, 0.2) is 0 Å². The number of hydrogen-bond acceptors (Lipinski definition) is 6. The van der Waals surface area contributed by atoms with Crippen molar-refractivity contribution >= 4 is 22.9 Å². The predicted molar refractivity (Wildman–Crippen MR) is 67.3 cm³/mol. The number of benzene rings is 1. The zero-order chi connectivity index (χ0) is 13.8. The molecule has 0 bridgehead atoms. The average Bonchev–Trinajstić information content (AvgIpc) is 2.39. The van der Waals surface area contributed by atoms with Gasteiger partial charge in [0, 0.05) is 12.1 Å². The number of pyridine rings is 1. The third kappa shape index (κ3) is 2.80.